The van der Waals surface area contributed by atoms with Gasteiger partial charge in [0.05, 0.1) is 5.41 Å². The molecule has 3 aliphatic rings. The number of carbonyl (C=O) groups excluding carboxylic acids is 1. The summed E-state index contributed by atoms with van der Waals surface area (Å²) in [6.07, 6.45) is 7.11. The molecule has 1 atom stereocenters. The molecule has 2 heterocycles. The van der Waals surface area contributed by atoms with Crippen LogP contribution in [-0.4, -0.2) is 10.8 Å². The molecule has 0 radical (unpaired) electrons. The standard InChI is InChI=1S/C25H28N2O/c1-24(2)14-19-22(20(28)15-24)25(3,18-7-5-4-6-8-18)21-17(13-16-9-10-16)11-12-26-23(21)27-19/h4-8,11-12,16H,9-10,13-15H2,1-3H3,(H,26,27)/t25-/m1/s1. The summed E-state index contributed by atoms with van der Waals surface area (Å²) in [7, 11) is 0. The van der Waals surface area contributed by atoms with E-state index in [4.69, 9.17) is 4.98 Å². The van der Waals surface area contributed by atoms with Crippen LogP contribution in [0.3, 0.4) is 0 Å². The maximum absolute atomic E-state index is 13.5. The zero-order valence-corrected chi connectivity index (χ0v) is 17.0. The Labute approximate surface area is 167 Å². The van der Waals surface area contributed by atoms with Crippen LogP contribution in [0.5, 0.6) is 0 Å². The summed E-state index contributed by atoms with van der Waals surface area (Å²) in [5, 5.41) is 3.59. The molecule has 1 N–H and O–H groups in total. The molecule has 0 bridgehead atoms. The summed E-state index contributed by atoms with van der Waals surface area (Å²) in [6.45, 7) is 6.61. The van der Waals surface area contributed by atoms with E-state index in [1.54, 1.807) is 0 Å². The first kappa shape index (κ1) is 17.7. The van der Waals surface area contributed by atoms with Gasteiger partial charge in [0.2, 0.25) is 0 Å². The fraction of sp³-hybridized carbons (Fsp3) is 0.440. The Kier molecular flexibility index (Phi) is 3.81. The fourth-order valence-corrected chi connectivity index (χ4v) is 5.29. The number of hydrogen-bond donors (Lipinski definition) is 1. The van der Waals surface area contributed by atoms with Crippen molar-refractivity contribution in [3.8, 4) is 0 Å². The number of fused-ring (bicyclic) bond motifs is 1. The molecule has 1 aliphatic heterocycles. The number of aromatic nitrogens is 1. The van der Waals surface area contributed by atoms with E-state index in [0.29, 0.717) is 6.42 Å². The third kappa shape index (κ3) is 2.71. The van der Waals surface area contributed by atoms with Crippen molar-refractivity contribution in [1.29, 1.82) is 0 Å². The second-order valence-electron chi connectivity index (χ2n) is 9.75. The Balaban J connectivity index is 1.77. The number of nitrogens with one attached hydrogen (secondary N) is 1. The lowest BCUT2D eigenvalue weighted by atomic mass is 9.61. The summed E-state index contributed by atoms with van der Waals surface area (Å²) >= 11 is 0. The number of nitrogens with zero attached hydrogens (tertiary/aromatic N) is 1. The Hall–Kier alpha value is -2.42. The van der Waals surface area contributed by atoms with Crippen LogP contribution < -0.4 is 5.32 Å². The van der Waals surface area contributed by atoms with Crippen molar-refractivity contribution < 1.29 is 4.79 Å². The largest absolute Gasteiger partial charge is 0.343 e. The van der Waals surface area contributed by atoms with E-state index in [1.165, 1.54) is 29.5 Å². The zero-order chi connectivity index (χ0) is 19.5. The molecule has 3 heteroatoms. The number of benzene rings is 1. The van der Waals surface area contributed by atoms with Crippen LogP contribution in [0.1, 0.15) is 63.1 Å². The lowest BCUT2D eigenvalue weighted by Gasteiger charge is -2.45. The first-order valence-electron chi connectivity index (χ1n) is 10.5. The van der Waals surface area contributed by atoms with Crippen molar-refractivity contribution in [3.63, 3.8) is 0 Å². The molecule has 5 rings (SSSR count). The second kappa shape index (κ2) is 6.04. The fourth-order valence-electron chi connectivity index (χ4n) is 5.29. The van der Waals surface area contributed by atoms with Crippen LogP contribution >= 0.6 is 0 Å². The average Bonchev–Trinajstić information content (AvgIpc) is 3.45. The summed E-state index contributed by atoms with van der Waals surface area (Å²) in [5.41, 5.74) is 5.28. The van der Waals surface area contributed by atoms with Crippen LogP contribution in [0, 0.1) is 11.3 Å². The van der Waals surface area contributed by atoms with E-state index < -0.39 is 5.41 Å². The van der Waals surface area contributed by atoms with E-state index in [9.17, 15) is 4.79 Å². The molecular formula is C25H28N2O. The molecule has 0 saturated heterocycles. The highest BCUT2D eigenvalue weighted by Crippen LogP contribution is 2.53. The van der Waals surface area contributed by atoms with E-state index in [2.05, 4.69) is 56.4 Å². The van der Waals surface area contributed by atoms with Gasteiger partial charge in [-0.1, -0.05) is 44.2 Å². The van der Waals surface area contributed by atoms with Gasteiger partial charge in [0.15, 0.2) is 5.78 Å². The molecule has 2 aromatic rings. The minimum Gasteiger partial charge on any atom is -0.343 e. The van der Waals surface area contributed by atoms with Gasteiger partial charge < -0.3 is 5.32 Å². The molecule has 1 aromatic carbocycles. The highest BCUT2D eigenvalue weighted by molar-refractivity contribution is 6.03. The van der Waals surface area contributed by atoms with Crippen LogP contribution in [0.15, 0.2) is 53.9 Å². The first-order chi connectivity index (χ1) is 13.4. The van der Waals surface area contributed by atoms with E-state index in [0.717, 1.165) is 35.8 Å². The van der Waals surface area contributed by atoms with Crippen molar-refractivity contribution in [2.24, 2.45) is 11.3 Å². The molecule has 144 valence electrons. The van der Waals surface area contributed by atoms with E-state index >= 15 is 0 Å². The van der Waals surface area contributed by atoms with E-state index in [1.807, 2.05) is 12.3 Å². The Morgan fingerprint density at radius 2 is 1.82 bits per heavy atom. The highest BCUT2D eigenvalue weighted by atomic mass is 16.1. The Bertz CT molecular complexity index is 985. The molecule has 1 aromatic heterocycles. The number of ketones is 1. The SMILES string of the molecule is CC1(C)CC(=O)C2=C(C1)Nc1nccc(CC3CC3)c1[C@@]2(C)c1ccccc1. The van der Waals surface area contributed by atoms with Gasteiger partial charge in [0.25, 0.3) is 0 Å². The number of pyridine rings is 1. The minimum absolute atomic E-state index is 0.0242. The predicted molar refractivity (Wildman–Crippen MR) is 112 cm³/mol. The van der Waals surface area contributed by atoms with Gasteiger partial charge in [0.1, 0.15) is 5.82 Å². The first-order valence-corrected chi connectivity index (χ1v) is 10.5. The summed E-state index contributed by atoms with van der Waals surface area (Å²) in [4.78, 5) is 18.2. The molecular weight excluding hydrogens is 344 g/mol. The molecule has 1 fully saturated rings. The molecule has 0 amide bonds. The quantitative estimate of drug-likeness (QED) is 0.783. The average molecular weight is 373 g/mol. The highest BCUT2D eigenvalue weighted by Gasteiger charge is 2.49. The number of Topliss-reactive ketones (excluding diaryl/α,β-unsaturated/α-hetero) is 1. The van der Waals surface area contributed by atoms with Crippen molar-refractivity contribution >= 4 is 11.6 Å². The van der Waals surface area contributed by atoms with E-state index in [-0.39, 0.29) is 11.2 Å². The third-order valence-electron chi connectivity index (χ3n) is 6.74. The van der Waals surface area contributed by atoms with Gasteiger partial charge in [-0.2, -0.15) is 0 Å². The summed E-state index contributed by atoms with van der Waals surface area (Å²) in [5.74, 6) is 1.99. The third-order valence-corrected chi connectivity index (χ3v) is 6.74. The molecule has 3 nitrogen and oxygen atoms in total. The van der Waals surface area contributed by atoms with Crippen molar-refractivity contribution in [3.05, 3.63) is 70.6 Å². The lowest BCUT2D eigenvalue weighted by molar-refractivity contribution is -0.118. The Morgan fingerprint density at radius 3 is 2.54 bits per heavy atom. The number of allylic oxidation sites excluding steroid dienone is 2. The molecule has 2 aliphatic carbocycles. The van der Waals surface area contributed by atoms with Crippen LogP contribution in [0.25, 0.3) is 0 Å². The molecule has 0 unspecified atom stereocenters. The topological polar surface area (TPSA) is 42.0 Å². The molecule has 28 heavy (non-hydrogen) atoms. The van der Waals surface area contributed by atoms with Crippen molar-refractivity contribution in [2.75, 3.05) is 5.32 Å². The number of carbonyl (C=O) groups is 1. The van der Waals surface area contributed by atoms with Gasteiger partial charge >= 0.3 is 0 Å². The maximum Gasteiger partial charge on any atom is 0.162 e. The summed E-state index contributed by atoms with van der Waals surface area (Å²) < 4.78 is 0. The minimum atomic E-state index is -0.455. The van der Waals surface area contributed by atoms with Gasteiger partial charge in [0, 0.05) is 29.5 Å². The van der Waals surface area contributed by atoms with Gasteiger partial charge in [-0.25, -0.2) is 4.98 Å². The maximum atomic E-state index is 13.5. The van der Waals surface area contributed by atoms with Crippen LogP contribution in [0.4, 0.5) is 5.82 Å². The van der Waals surface area contributed by atoms with Gasteiger partial charge in [-0.05, 0) is 61.1 Å². The monoisotopic (exact) mass is 372 g/mol. The summed E-state index contributed by atoms with van der Waals surface area (Å²) in [6, 6.07) is 12.7. The lowest BCUT2D eigenvalue weighted by Crippen LogP contribution is -2.43. The van der Waals surface area contributed by atoms with Gasteiger partial charge in [-0.15, -0.1) is 0 Å². The normalized spacial score (nSPS) is 25.8. The predicted octanol–water partition coefficient (Wildman–Crippen LogP) is 5.41. The number of rotatable bonds is 3. The zero-order valence-electron chi connectivity index (χ0n) is 17.0. The van der Waals surface area contributed by atoms with Crippen molar-refractivity contribution in [2.45, 2.75) is 58.3 Å². The second-order valence-corrected chi connectivity index (χ2v) is 9.75. The smallest absolute Gasteiger partial charge is 0.162 e. The molecule has 0 spiro atoms. The number of anilines is 1. The van der Waals surface area contributed by atoms with Crippen molar-refractivity contribution in [1.82, 2.24) is 4.98 Å². The van der Waals surface area contributed by atoms with Gasteiger partial charge in [-0.3, -0.25) is 4.79 Å². The molecule has 1 saturated carbocycles. The van der Waals surface area contributed by atoms with Crippen LogP contribution in [-0.2, 0) is 16.6 Å². The number of hydrogen-bond acceptors (Lipinski definition) is 3. The van der Waals surface area contributed by atoms with Crippen LogP contribution in [0.2, 0.25) is 0 Å². The Morgan fingerprint density at radius 1 is 1.07 bits per heavy atom.